The number of anilines is 1. The van der Waals surface area contributed by atoms with Crippen LogP contribution in [0.1, 0.15) is 62.0 Å². The highest BCUT2D eigenvalue weighted by molar-refractivity contribution is 5.95. The van der Waals surface area contributed by atoms with E-state index in [9.17, 15) is 9.59 Å². The summed E-state index contributed by atoms with van der Waals surface area (Å²) in [6, 6.07) is 14.7. The molecule has 2 aliphatic rings. The molecule has 5 rings (SSSR count). The molecule has 7 nitrogen and oxygen atoms in total. The second-order valence-corrected chi connectivity index (χ2v) is 9.76. The molecule has 1 fully saturated rings. The zero-order valence-electron chi connectivity index (χ0n) is 20.7. The normalized spacial score (nSPS) is 22.0. The molecule has 1 aliphatic heterocycles. The number of nitrogens with zero attached hydrogens (tertiary/aromatic N) is 3. The first kappa shape index (κ1) is 23.4. The Kier molecular flexibility index (Phi) is 6.50. The number of carbonyl (C=O) groups is 2. The van der Waals surface area contributed by atoms with E-state index in [4.69, 9.17) is 14.5 Å². The van der Waals surface area contributed by atoms with Crippen LogP contribution >= 0.6 is 0 Å². The number of hydrogen-bond donors (Lipinski definition) is 0. The van der Waals surface area contributed by atoms with Crippen molar-refractivity contribution in [2.75, 3.05) is 19.1 Å². The molecule has 35 heavy (non-hydrogen) atoms. The van der Waals surface area contributed by atoms with E-state index in [-0.39, 0.29) is 30.1 Å². The molecule has 1 aromatic heterocycles. The molecule has 0 spiro atoms. The van der Waals surface area contributed by atoms with Crippen LogP contribution in [0.25, 0.3) is 11.0 Å². The smallest absolute Gasteiger partial charge is 0.414 e. The molecule has 184 valence electrons. The van der Waals surface area contributed by atoms with E-state index in [0.717, 1.165) is 66.6 Å². The minimum atomic E-state index is -0.338. The third-order valence-electron chi connectivity index (χ3n) is 7.65. The number of benzene rings is 2. The summed E-state index contributed by atoms with van der Waals surface area (Å²) in [5.41, 5.74) is 5.21. The highest BCUT2D eigenvalue weighted by Crippen LogP contribution is 2.41. The molecule has 0 N–H and O–H groups in total. The van der Waals surface area contributed by atoms with Gasteiger partial charge in [0.25, 0.3) is 0 Å². The Bertz CT molecular complexity index is 1240. The van der Waals surface area contributed by atoms with Crippen LogP contribution in [0.5, 0.6) is 0 Å². The number of ether oxygens (including phenoxy) is 2. The number of methoxy groups -OCH3 is 2. The van der Waals surface area contributed by atoms with Gasteiger partial charge in [0.15, 0.2) is 0 Å². The van der Waals surface area contributed by atoms with Crippen molar-refractivity contribution in [3.05, 3.63) is 59.4 Å². The van der Waals surface area contributed by atoms with Gasteiger partial charge in [-0.25, -0.2) is 9.78 Å². The van der Waals surface area contributed by atoms with Gasteiger partial charge in [-0.2, -0.15) is 0 Å². The van der Waals surface area contributed by atoms with Crippen molar-refractivity contribution in [1.82, 2.24) is 9.55 Å². The average Bonchev–Trinajstić information content (AvgIpc) is 3.26. The molecule has 1 saturated carbocycles. The summed E-state index contributed by atoms with van der Waals surface area (Å²) in [4.78, 5) is 31.9. The number of imidazole rings is 1. The van der Waals surface area contributed by atoms with Crippen LogP contribution in [0.4, 0.5) is 10.5 Å². The Morgan fingerprint density at radius 1 is 1.03 bits per heavy atom. The van der Waals surface area contributed by atoms with Crippen LogP contribution in [0, 0.1) is 5.92 Å². The lowest BCUT2D eigenvalue weighted by Crippen LogP contribution is -2.42. The van der Waals surface area contributed by atoms with E-state index in [1.165, 1.54) is 19.8 Å². The Morgan fingerprint density at radius 2 is 1.83 bits per heavy atom. The van der Waals surface area contributed by atoms with Crippen LogP contribution in [0.3, 0.4) is 0 Å². The van der Waals surface area contributed by atoms with Crippen LogP contribution in [-0.4, -0.2) is 41.9 Å². The fourth-order valence-electron chi connectivity index (χ4n) is 5.91. The van der Waals surface area contributed by atoms with Crippen molar-refractivity contribution in [2.45, 2.75) is 64.0 Å². The summed E-state index contributed by atoms with van der Waals surface area (Å²) in [7, 11) is 2.90. The fourth-order valence-corrected chi connectivity index (χ4v) is 5.91. The van der Waals surface area contributed by atoms with E-state index in [2.05, 4.69) is 29.7 Å². The molecular formula is C28H33N3O4. The van der Waals surface area contributed by atoms with Gasteiger partial charge < -0.3 is 14.0 Å². The standard InChI is InChI=1S/C28H33N3O4/c1-18-12-13-22-23(30(18)28(33)35-3)14-15-24-26(22)29-25(16-19-8-5-4-6-9-19)31(24)21-11-7-10-20(17-21)27(32)34-2/h4-6,8-9,14-15,18,20-21H,7,10-13,16-17H2,1-3H3/t18-,20+,21+/m0/s1. The summed E-state index contributed by atoms with van der Waals surface area (Å²) < 4.78 is 12.5. The Hall–Kier alpha value is -3.35. The van der Waals surface area contributed by atoms with Gasteiger partial charge in [-0.1, -0.05) is 36.8 Å². The molecule has 0 unspecified atom stereocenters. The predicted octanol–water partition coefficient (Wildman–Crippen LogP) is 5.44. The van der Waals surface area contributed by atoms with Gasteiger partial charge in [0.1, 0.15) is 5.82 Å². The summed E-state index contributed by atoms with van der Waals surface area (Å²) in [5.74, 6) is 0.788. The Labute approximate surface area is 206 Å². The van der Waals surface area contributed by atoms with Gasteiger partial charge in [0, 0.05) is 24.1 Å². The topological polar surface area (TPSA) is 73.7 Å². The third-order valence-corrected chi connectivity index (χ3v) is 7.65. The average molecular weight is 476 g/mol. The molecule has 2 aromatic carbocycles. The zero-order valence-corrected chi connectivity index (χ0v) is 20.7. The van der Waals surface area contributed by atoms with Crippen molar-refractivity contribution >= 4 is 28.8 Å². The minimum Gasteiger partial charge on any atom is -0.469 e. The second kappa shape index (κ2) is 9.72. The largest absolute Gasteiger partial charge is 0.469 e. The van der Waals surface area contributed by atoms with Crippen LogP contribution in [0.2, 0.25) is 0 Å². The number of aryl methyl sites for hydroxylation is 1. The third kappa shape index (κ3) is 4.28. The minimum absolute atomic E-state index is 0.0671. The SMILES string of the molecule is COC(=O)[C@@H]1CCC[C@@H](n2c(Cc3ccccc3)nc3c4c(ccc32)N(C(=O)OC)[C@@H](C)CC4)C1. The summed E-state index contributed by atoms with van der Waals surface area (Å²) in [6.45, 7) is 2.05. The molecule has 0 bridgehead atoms. The maximum atomic E-state index is 12.6. The van der Waals surface area contributed by atoms with Gasteiger partial charge in [0.05, 0.1) is 36.9 Å². The van der Waals surface area contributed by atoms with Crippen molar-refractivity contribution in [1.29, 1.82) is 0 Å². The Balaban J connectivity index is 1.64. The first-order chi connectivity index (χ1) is 17.0. The van der Waals surface area contributed by atoms with E-state index >= 15 is 0 Å². The van der Waals surface area contributed by atoms with E-state index in [1.54, 1.807) is 4.90 Å². The fraction of sp³-hybridized carbons (Fsp3) is 0.464. The molecule has 1 amide bonds. The van der Waals surface area contributed by atoms with E-state index in [0.29, 0.717) is 6.42 Å². The molecule has 0 saturated heterocycles. The van der Waals surface area contributed by atoms with Crippen LogP contribution in [-0.2, 0) is 27.1 Å². The first-order valence-corrected chi connectivity index (χ1v) is 12.5. The van der Waals surface area contributed by atoms with Gasteiger partial charge in [-0.15, -0.1) is 0 Å². The van der Waals surface area contributed by atoms with E-state index in [1.807, 2.05) is 24.3 Å². The van der Waals surface area contributed by atoms with Crippen LogP contribution < -0.4 is 4.90 Å². The summed E-state index contributed by atoms with van der Waals surface area (Å²) >= 11 is 0. The number of amides is 1. The number of esters is 1. The lowest BCUT2D eigenvalue weighted by molar-refractivity contribution is -0.147. The van der Waals surface area contributed by atoms with E-state index < -0.39 is 0 Å². The molecule has 3 atom stereocenters. The highest BCUT2D eigenvalue weighted by Gasteiger charge is 2.34. The molecular weight excluding hydrogens is 442 g/mol. The van der Waals surface area contributed by atoms with Crippen molar-refractivity contribution in [3.63, 3.8) is 0 Å². The number of rotatable bonds is 4. The monoisotopic (exact) mass is 475 g/mol. The van der Waals surface area contributed by atoms with Gasteiger partial charge in [-0.3, -0.25) is 9.69 Å². The summed E-state index contributed by atoms with van der Waals surface area (Å²) in [6.07, 6.45) is 5.69. The van der Waals surface area contributed by atoms with Crippen molar-refractivity contribution in [3.8, 4) is 0 Å². The quantitative estimate of drug-likeness (QED) is 0.470. The molecule has 7 heteroatoms. The maximum absolute atomic E-state index is 12.6. The molecule has 2 heterocycles. The van der Waals surface area contributed by atoms with Crippen molar-refractivity contribution < 1.29 is 19.1 Å². The number of hydrogen-bond acceptors (Lipinski definition) is 5. The van der Waals surface area contributed by atoms with Crippen LogP contribution in [0.15, 0.2) is 42.5 Å². The number of aromatic nitrogens is 2. The number of fused-ring (bicyclic) bond motifs is 3. The predicted molar refractivity (Wildman–Crippen MR) is 135 cm³/mol. The lowest BCUT2D eigenvalue weighted by Gasteiger charge is -2.34. The Morgan fingerprint density at radius 3 is 2.57 bits per heavy atom. The van der Waals surface area contributed by atoms with Crippen molar-refractivity contribution in [2.24, 2.45) is 5.92 Å². The van der Waals surface area contributed by atoms with Gasteiger partial charge in [0.2, 0.25) is 0 Å². The number of carbonyl (C=O) groups excluding carboxylic acids is 2. The molecule has 0 radical (unpaired) electrons. The van der Waals surface area contributed by atoms with Gasteiger partial charge in [-0.05, 0) is 56.7 Å². The molecule has 3 aromatic rings. The highest BCUT2D eigenvalue weighted by atomic mass is 16.5. The second-order valence-electron chi connectivity index (χ2n) is 9.76. The van der Waals surface area contributed by atoms with Gasteiger partial charge >= 0.3 is 12.1 Å². The first-order valence-electron chi connectivity index (χ1n) is 12.5. The zero-order chi connectivity index (χ0) is 24.5. The summed E-state index contributed by atoms with van der Waals surface area (Å²) in [5, 5.41) is 0. The lowest BCUT2D eigenvalue weighted by atomic mass is 9.85. The maximum Gasteiger partial charge on any atom is 0.414 e. The molecule has 1 aliphatic carbocycles.